The predicted molar refractivity (Wildman–Crippen MR) is 96.2 cm³/mol. The van der Waals surface area contributed by atoms with Crippen LogP contribution >= 0.6 is 11.8 Å². The molecule has 0 heterocycles. The minimum atomic E-state index is -0.910. The molecule has 0 bridgehead atoms. The normalized spacial score (nSPS) is 13.5. The van der Waals surface area contributed by atoms with Gasteiger partial charge >= 0.3 is 0 Å². The summed E-state index contributed by atoms with van der Waals surface area (Å²) in [5, 5.41) is 0. The van der Waals surface area contributed by atoms with Crippen molar-refractivity contribution in [1.82, 2.24) is 0 Å². The van der Waals surface area contributed by atoms with E-state index in [0.717, 1.165) is 30.9 Å². The minimum Gasteiger partial charge on any atom is -0.331 e. The molecular formula is C17H37NO3S. The monoisotopic (exact) mass is 335 g/mol. The molecule has 5 heteroatoms. The van der Waals surface area contributed by atoms with Crippen molar-refractivity contribution in [2.45, 2.75) is 64.3 Å². The molecule has 0 aliphatic heterocycles. The lowest BCUT2D eigenvalue weighted by atomic mass is 9.95. The van der Waals surface area contributed by atoms with Gasteiger partial charge in [0.1, 0.15) is 0 Å². The number of thioether (sulfide) groups is 1. The molecule has 0 aliphatic carbocycles. The molecule has 0 saturated heterocycles. The molecule has 0 spiro atoms. The first-order valence-corrected chi connectivity index (χ1v) is 9.79. The van der Waals surface area contributed by atoms with E-state index >= 15 is 0 Å². The van der Waals surface area contributed by atoms with E-state index in [9.17, 15) is 0 Å². The van der Waals surface area contributed by atoms with Crippen molar-refractivity contribution >= 4 is 11.8 Å². The summed E-state index contributed by atoms with van der Waals surface area (Å²) < 4.78 is 16.7. The van der Waals surface area contributed by atoms with Gasteiger partial charge in [-0.1, -0.05) is 45.4 Å². The fraction of sp³-hybridized carbons (Fsp3) is 1.00. The lowest BCUT2D eigenvalue weighted by molar-refractivity contribution is -0.379. The van der Waals surface area contributed by atoms with Gasteiger partial charge in [-0.2, -0.15) is 11.8 Å². The Bertz CT molecular complexity index is 230. The van der Waals surface area contributed by atoms with Crippen molar-refractivity contribution in [3.8, 4) is 0 Å². The van der Waals surface area contributed by atoms with Gasteiger partial charge < -0.3 is 19.9 Å². The molecule has 0 aromatic rings. The third-order valence-corrected chi connectivity index (χ3v) is 5.18. The second kappa shape index (κ2) is 14.8. The Morgan fingerprint density at radius 2 is 1.45 bits per heavy atom. The first-order chi connectivity index (χ1) is 10.7. The topological polar surface area (TPSA) is 53.7 Å². The summed E-state index contributed by atoms with van der Waals surface area (Å²) in [7, 11) is 4.98. The number of hydrogen-bond acceptors (Lipinski definition) is 5. The van der Waals surface area contributed by atoms with Gasteiger partial charge in [-0.05, 0) is 18.6 Å². The molecule has 0 aliphatic rings. The summed E-state index contributed by atoms with van der Waals surface area (Å²) >= 11 is 1.89. The van der Waals surface area contributed by atoms with E-state index in [1.165, 1.54) is 38.5 Å². The van der Waals surface area contributed by atoms with E-state index in [1.807, 2.05) is 11.8 Å². The Morgan fingerprint density at radius 1 is 0.864 bits per heavy atom. The van der Waals surface area contributed by atoms with Gasteiger partial charge in [-0.3, -0.25) is 0 Å². The van der Waals surface area contributed by atoms with Crippen LogP contribution in [0.2, 0.25) is 0 Å². The number of nitrogens with two attached hydrogens (primary N) is 1. The molecule has 4 nitrogen and oxygen atoms in total. The fourth-order valence-electron chi connectivity index (χ4n) is 2.83. The summed E-state index contributed by atoms with van der Waals surface area (Å²) in [5.74, 6) is 1.41. The Morgan fingerprint density at radius 3 is 2.00 bits per heavy atom. The molecule has 0 amide bonds. The van der Waals surface area contributed by atoms with E-state index in [1.54, 1.807) is 21.3 Å². The molecule has 0 aromatic carbocycles. The molecule has 1 atom stereocenters. The van der Waals surface area contributed by atoms with Gasteiger partial charge in [0.25, 0.3) is 5.97 Å². The van der Waals surface area contributed by atoms with Crippen LogP contribution in [0, 0.1) is 5.92 Å². The molecule has 0 fully saturated rings. The van der Waals surface area contributed by atoms with E-state index in [0.29, 0.717) is 0 Å². The summed E-state index contributed by atoms with van der Waals surface area (Å²) in [6.07, 6.45) is 9.88. The Labute approximate surface area is 141 Å². The second-order valence-corrected chi connectivity index (χ2v) is 6.88. The molecule has 134 valence electrons. The average molecular weight is 336 g/mol. The van der Waals surface area contributed by atoms with Gasteiger partial charge in [0.15, 0.2) is 0 Å². The molecule has 0 saturated carbocycles. The third-order valence-electron chi connectivity index (χ3n) is 4.13. The van der Waals surface area contributed by atoms with Crippen LogP contribution in [0.15, 0.2) is 0 Å². The van der Waals surface area contributed by atoms with Crippen molar-refractivity contribution in [3.63, 3.8) is 0 Å². The number of methoxy groups -OCH3 is 3. The maximum Gasteiger partial charge on any atom is 0.285 e. The van der Waals surface area contributed by atoms with Gasteiger partial charge in [0.2, 0.25) is 0 Å². The van der Waals surface area contributed by atoms with E-state index in [2.05, 4.69) is 6.92 Å². The Balaban J connectivity index is 4.32. The molecule has 22 heavy (non-hydrogen) atoms. The maximum atomic E-state index is 5.57. The summed E-state index contributed by atoms with van der Waals surface area (Å²) in [4.78, 5) is 0. The second-order valence-electron chi connectivity index (χ2n) is 5.66. The lowest BCUT2D eigenvalue weighted by Crippen LogP contribution is -2.44. The van der Waals surface area contributed by atoms with Crippen LogP contribution in [0.1, 0.15) is 58.3 Å². The molecule has 0 radical (unpaired) electrons. The molecular weight excluding hydrogens is 298 g/mol. The standard InChI is InChI=1S/C17H37NO3S/c1-5-6-7-8-9-10-11-16(12-14-22-15-13-18)17(19-2,20-3)21-4/h16H,5-15,18H2,1-4H3. The first kappa shape index (κ1) is 22.2. The zero-order valence-electron chi connectivity index (χ0n) is 15.1. The molecule has 2 N–H and O–H groups in total. The zero-order chi connectivity index (χ0) is 16.7. The lowest BCUT2D eigenvalue weighted by Gasteiger charge is -2.36. The van der Waals surface area contributed by atoms with Crippen molar-refractivity contribution in [3.05, 3.63) is 0 Å². The molecule has 1 unspecified atom stereocenters. The number of rotatable bonds is 16. The highest BCUT2D eigenvalue weighted by Gasteiger charge is 2.39. The van der Waals surface area contributed by atoms with Crippen LogP contribution in [0.4, 0.5) is 0 Å². The Kier molecular flexibility index (Phi) is 14.9. The minimum absolute atomic E-state index is 0.254. The van der Waals surface area contributed by atoms with Crippen LogP contribution in [0.25, 0.3) is 0 Å². The van der Waals surface area contributed by atoms with E-state index in [4.69, 9.17) is 19.9 Å². The summed E-state index contributed by atoms with van der Waals surface area (Å²) in [6, 6.07) is 0. The summed E-state index contributed by atoms with van der Waals surface area (Å²) in [6.45, 7) is 2.98. The smallest absolute Gasteiger partial charge is 0.285 e. The van der Waals surface area contributed by atoms with Gasteiger partial charge in [0.05, 0.1) is 0 Å². The molecule has 0 rings (SSSR count). The highest BCUT2D eigenvalue weighted by atomic mass is 32.2. The van der Waals surface area contributed by atoms with Gasteiger partial charge in [0, 0.05) is 39.5 Å². The quantitative estimate of drug-likeness (QED) is 0.341. The number of unbranched alkanes of at least 4 members (excludes halogenated alkanes) is 5. The van der Waals surface area contributed by atoms with Crippen LogP contribution in [0.3, 0.4) is 0 Å². The summed E-state index contributed by atoms with van der Waals surface area (Å²) in [5.41, 5.74) is 5.55. The van der Waals surface area contributed by atoms with Crippen molar-refractivity contribution < 1.29 is 14.2 Å². The van der Waals surface area contributed by atoms with Crippen LogP contribution in [-0.2, 0) is 14.2 Å². The van der Waals surface area contributed by atoms with Gasteiger partial charge in [-0.15, -0.1) is 0 Å². The SMILES string of the molecule is CCCCCCCCC(CCSCCN)C(OC)(OC)OC. The largest absolute Gasteiger partial charge is 0.331 e. The molecule has 0 aromatic heterocycles. The predicted octanol–water partition coefficient (Wildman–Crippen LogP) is 4.03. The number of hydrogen-bond donors (Lipinski definition) is 1. The van der Waals surface area contributed by atoms with E-state index < -0.39 is 5.97 Å². The Hall–Kier alpha value is 0.190. The van der Waals surface area contributed by atoms with Crippen molar-refractivity contribution in [2.24, 2.45) is 11.7 Å². The fourth-order valence-corrected chi connectivity index (χ4v) is 3.65. The first-order valence-electron chi connectivity index (χ1n) is 8.63. The highest BCUT2D eigenvalue weighted by Crippen LogP contribution is 2.32. The van der Waals surface area contributed by atoms with E-state index in [-0.39, 0.29) is 5.92 Å². The highest BCUT2D eigenvalue weighted by molar-refractivity contribution is 7.99. The zero-order valence-corrected chi connectivity index (χ0v) is 15.9. The third kappa shape index (κ3) is 8.73. The maximum absolute atomic E-state index is 5.57. The van der Waals surface area contributed by atoms with Crippen LogP contribution in [0.5, 0.6) is 0 Å². The van der Waals surface area contributed by atoms with Crippen LogP contribution < -0.4 is 5.73 Å². The van der Waals surface area contributed by atoms with Crippen LogP contribution in [-0.4, -0.2) is 45.4 Å². The average Bonchev–Trinajstić information content (AvgIpc) is 2.55. The van der Waals surface area contributed by atoms with Crippen molar-refractivity contribution in [2.75, 3.05) is 39.4 Å². The van der Waals surface area contributed by atoms with Crippen molar-refractivity contribution in [1.29, 1.82) is 0 Å². The van der Waals surface area contributed by atoms with Gasteiger partial charge in [-0.25, -0.2) is 0 Å². The number of ether oxygens (including phenoxy) is 3.